The van der Waals surface area contributed by atoms with Gasteiger partial charge >= 0.3 is 0 Å². The number of nitrogens with two attached hydrogens (primary N) is 1. The summed E-state index contributed by atoms with van der Waals surface area (Å²) in [4.78, 5) is 13.6. The van der Waals surface area contributed by atoms with Gasteiger partial charge in [0.25, 0.3) is 0 Å². The van der Waals surface area contributed by atoms with E-state index in [1.54, 1.807) is 30.1 Å². The van der Waals surface area contributed by atoms with Crippen molar-refractivity contribution in [2.75, 3.05) is 14.2 Å². The minimum Gasteiger partial charge on any atom is -0.504 e. The third-order valence-electron chi connectivity index (χ3n) is 3.04. The van der Waals surface area contributed by atoms with Gasteiger partial charge in [-0.05, 0) is 23.6 Å². The number of hydrogen-bond acceptors (Lipinski definition) is 4. The molecule has 114 valence electrons. The van der Waals surface area contributed by atoms with E-state index < -0.39 is 6.04 Å². The maximum atomic E-state index is 12.0. The highest BCUT2D eigenvalue weighted by Gasteiger charge is 2.21. The number of methoxy groups -OCH3 is 1. The van der Waals surface area contributed by atoms with Gasteiger partial charge in [-0.15, -0.1) is 12.4 Å². The van der Waals surface area contributed by atoms with Crippen LogP contribution in [0.2, 0.25) is 0 Å². The first-order valence-corrected chi connectivity index (χ1v) is 6.23. The third-order valence-corrected chi connectivity index (χ3v) is 3.04. The number of halogens is 1. The minimum atomic E-state index is -0.496. The molecule has 1 aromatic rings. The van der Waals surface area contributed by atoms with Crippen molar-refractivity contribution in [2.45, 2.75) is 26.4 Å². The van der Waals surface area contributed by atoms with Gasteiger partial charge < -0.3 is 20.5 Å². The van der Waals surface area contributed by atoms with Crippen LogP contribution in [0.15, 0.2) is 18.2 Å². The molecule has 0 bridgehead atoms. The van der Waals surface area contributed by atoms with E-state index in [1.807, 2.05) is 13.8 Å². The lowest BCUT2D eigenvalue weighted by molar-refractivity contribution is -0.132. The average molecular weight is 303 g/mol. The zero-order valence-corrected chi connectivity index (χ0v) is 13.1. The van der Waals surface area contributed by atoms with Crippen molar-refractivity contribution in [3.63, 3.8) is 0 Å². The fraction of sp³-hybridized carbons (Fsp3) is 0.500. The standard InChI is InChI=1S/C14H22N2O3.ClH/c1-9(2)13(15)14(18)16(3)8-10-5-6-11(17)12(7-10)19-4;/h5-7,9,13,17H,8,15H2,1-4H3;1H. The van der Waals surface area contributed by atoms with E-state index >= 15 is 0 Å². The van der Waals surface area contributed by atoms with Crippen molar-refractivity contribution in [3.8, 4) is 11.5 Å². The molecule has 1 atom stereocenters. The number of amides is 1. The zero-order chi connectivity index (χ0) is 14.6. The number of hydrogen-bond donors (Lipinski definition) is 2. The number of carbonyl (C=O) groups excluding carboxylic acids is 1. The topological polar surface area (TPSA) is 75.8 Å². The Morgan fingerprint density at radius 3 is 2.55 bits per heavy atom. The molecule has 0 fully saturated rings. The Bertz CT molecular complexity index is 452. The van der Waals surface area contributed by atoms with Crippen molar-refractivity contribution in [2.24, 2.45) is 11.7 Å². The Balaban J connectivity index is 0.00000361. The number of ether oxygens (including phenoxy) is 1. The minimum absolute atomic E-state index is 0. The summed E-state index contributed by atoms with van der Waals surface area (Å²) in [7, 11) is 3.20. The number of rotatable bonds is 5. The number of carbonyl (C=O) groups is 1. The SMILES string of the molecule is COc1cc(CN(C)C(=O)C(N)C(C)C)ccc1O.Cl. The Morgan fingerprint density at radius 2 is 2.05 bits per heavy atom. The largest absolute Gasteiger partial charge is 0.504 e. The molecule has 5 nitrogen and oxygen atoms in total. The van der Waals surface area contributed by atoms with Crippen molar-refractivity contribution < 1.29 is 14.6 Å². The molecule has 1 amide bonds. The first-order chi connectivity index (χ1) is 8.86. The number of benzene rings is 1. The van der Waals surface area contributed by atoms with Gasteiger partial charge in [0, 0.05) is 13.6 Å². The third kappa shape index (κ3) is 4.58. The van der Waals surface area contributed by atoms with Crippen molar-refractivity contribution in [3.05, 3.63) is 23.8 Å². The molecule has 3 N–H and O–H groups in total. The average Bonchev–Trinajstić information content (AvgIpc) is 2.38. The molecule has 6 heteroatoms. The van der Waals surface area contributed by atoms with E-state index in [0.717, 1.165) is 5.56 Å². The monoisotopic (exact) mass is 302 g/mol. The lowest BCUT2D eigenvalue weighted by Gasteiger charge is -2.23. The summed E-state index contributed by atoms with van der Waals surface area (Å²) >= 11 is 0. The predicted molar refractivity (Wildman–Crippen MR) is 81.2 cm³/mol. The van der Waals surface area contributed by atoms with Crippen LogP contribution in [0.4, 0.5) is 0 Å². The van der Waals surface area contributed by atoms with Crippen LogP contribution in [0.1, 0.15) is 19.4 Å². The smallest absolute Gasteiger partial charge is 0.239 e. The second-order valence-corrected chi connectivity index (χ2v) is 4.97. The highest BCUT2D eigenvalue weighted by Crippen LogP contribution is 2.26. The fourth-order valence-corrected chi connectivity index (χ4v) is 1.71. The van der Waals surface area contributed by atoms with Crippen LogP contribution in [-0.2, 0) is 11.3 Å². The lowest BCUT2D eigenvalue weighted by atomic mass is 10.0. The summed E-state index contributed by atoms with van der Waals surface area (Å²) in [6.07, 6.45) is 0. The first kappa shape index (κ1) is 18.5. The normalized spacial score (nSPS) is 11.7. The van der Waals surface area contributed by atoms with Crippen LogP contribution in [-0.4, -0.2) is 36.1 Å². The van der Waals surface area contributed by atoms with Gasteiger partial charge in [-0.2, -0.15) is 0 Å². The van der Waals surface area contributed by atoms with Crippen molar-refractivity contribution in [1.29, 1.82) is 0 Å². The molecule has 0 saturated carbocycles. The molecule has 0 radical (unpaired) electrons. The second-order valence-electron chi connectivity index (χ2n) is 4.97. The van der Waals surface area contributed by atoms with Crippen molar-refractivity contribution >= 4 is 18.3 Å². The maximum absolute atomic E-state index is 12.0. The van der Waals surface area contributed by atoms with E-state index in [4.69, 9.17) is 10.5 Å². The van der Waals surface area contributed by atoms with E-state index in [-0.39, 0.29) is 30.0 Å². The summed E-state index contributed by atoms with van der Waals surface area (Å²) in [5.41, 5.74) is 6.72. The Labute approximate surface area is 126 Å². The second kappa shape index (κ2) is 7.97. The highest BCUT2D eigenvalue weighted by atomic mass is 35.5. The number of likely N-dealkylation sites (N-methyl/N-ethyl adjacent to an activating group) is 1. The number of phenolic OH excluding ortho intramolecular Hbond substituents is 1. The van der Waals surface area contributed by atoms with Gasteiger partial charge in [0.05, 0.1) is 13.2 Å². The molecule has 0 saturated heterocycles. The summed E-state index contributed by atoms with van der Waals surface area (Å²) in [5, 5.41) is 9.51. The van der Waals surface area contributed by atoms with Gasteiger partial charge in [0.1, 0.15) is 0 Å². The Kier molecular flexibility index (Phi) is 7.39. The van der Waals surface area contributed by atoms with Crippen LogP contribution in [0.25, 0.3) is 0 Å². The van der Waals surface area contributed by atoms with E-state index in [1.165, 1.54) is 7.11 Å². The zero-order valence-electron chi connectivity index (χ0n) is 12.3. The number of phenols is 1. The molecular formula is C14H23ClN2O3. The Morgan fingerprint density at radius 1 is 1.45 bits per heavy atom. The van der Waals surface area contributed by atoms with Crippen LogP contribution < -0.4 is 10.5 Å². The Hall–Kier alpha value is -1.46. The van der Waals surface area contributed by atoms with Gasteiger partial charge in [-0.25, -0.2) is 0 Å². The maximum Gasteiger partial charge on any atom is 0.239 e. The quantitative estimate of drug-likeness (QED) is 0.869. The molecule has 20 heavy (non-hydrogen) atoms. The molecule has 0 aromatic heterocycles. The van der Waals surface area contributed by atoms with Crippen LogP contribution >= 0.6 is 12.4 Å². The van der Waals surface area contributed by atoms with Crippen LogP contribution in [0.3, 0.4) is 0 Å². The molecule has 0 aliphatic carbocycles. The number of nitrogens with zero attached hydrogens (tertiary/aromatic N) is 1. The van der Waals surface area contributed by atoms with Crippen LogP contribution in [0.5, 0.6) is 11.5 Å². The summed E-state index contributed by atoms with van der Waals surface area (Å²) in [6.45, 7) is 4.26. The summed E-state index contributed by atoms with van der Waals surface area (Å²) < 4.78 is 5.04. The van der Waals surface area contributed by atoms with Gasteiger partial charge in [-0.3, -0.25) is 4.79 Å². The lowest BCUT2D eigenvalue weighted by Crippen LogP contribution is -2.44. The highest BCUT2D eigenvalue weighted by molar-refractivity contribution is 5.85. The predicted octanol–water partition coefficient (Wildman–Crippen LogP) is 1.76. The molecule has 0 aliphatic heterocycles. The molecule has 0 spiro atoms. The summed E-state index contributed by atoms with van der Waals surface area (Å²) in [5.74, 6) is 0.483. The van der Waals surface area contributed by atoms with Gasteiger partial charge in [0.2, 0.25) is 5.91 Å². The summed E-state index contributed by atoms with van der Waals surface area (Å²) in [6, 6.07) is 4.52. The van der Waals surface area contributed by atoms with Gasteiger partial charge in [-0.1, -0.05) is 19.9 Å². The van der Waals surface area contributed by atoms with Crippen LogP contribution in [0, 0.1) is 5.92 Å². The fourth-order valence-electron chi connectivity index (χ4n) is 1.71. The molecule has 0 heterocycles. The molecule has 1 aromatic carbocycles. The van der Waals surface area contributed by atoms with E-state index in [9.17, 15) is 9.90 Å². The van der Waals surface area contributed by atoms with Gasteiger partial charge in [0.15, 0.2) is 11.5 Å². The number of aromatic hydroxyl groups is 1. The molecule has 0 aliphatic rings. The molecular weight excluding hydrogens is 280 g/mol. The molecule has 1 rings (SSSR count). The van der Waals surface area contributed by atoms with Crippen molar-refractivity contribution in [1.82, 2.24) is 4.90 Å². The van der Waals surface area contributed by atoms with E-state index in [2.05, 4.69) is 0 Å². The first-order valence-electron chi connectivity index (χ1n) is 6.23. The molecule has 1 unspecified atom stereocenters. The van der Waals surface area contributed by atoms with E-state index in [0.29, 0.717) is 12.3 Å².